The minimum Gasteiger partial charge on any atom is -0.489 e. The zero-order chi connectivity index (χ0) is 15.1. The molecule has 2 aliphatic rings. The normalized spacial score (nSPS) is 22.0. The van der Waals surface area contributed by atoms with Gasteiger partial charge in [-0.1, -0.05) is 0 Å². The Morgan fingerprint density at radius 3 is 2.48 bits per heavy atom. The van der Waals surface area contributed by atoms with Crippen molar-refractivity contribution in [2.75, 3.05) is 19.3 Å². The van der Waals surface area contributed by atoms with Crippen LogP contribution in [0.25, 0.3) is 0 Å². The molecule has 1 saturated carbocycles. The molecule has 0 atom stereocenters. The van der Waals surface area contributed by atoms with Gasteiger partial charge >= 0.3 is 0 Å². The Kier molecular flexibility index (Phi) is 3.69. The Morgan fingerprint density at radius 2 is 1.95 bits per heavy atom. The number of halogens is 1. The van der Waals surface area contributed by atoms with Crippen LogP contribution in [0.15, 0.2) is 23.1 Å². The van der Waals surface area contributed by atoms with Crippen molar-refractivity contribution in [1.82, 2.24) is 5.32 Å². The van der Waals surface area contributed by atoms with Gasteiger partial charge in [0, 0.05) is 19.3 Å². The van der Waals surface area contributed by atoms with Crippen LogP contribution >= 0.6 is 0 Å². The summed E-state index contributed by atoms with van der Waals surface area (Å²) in [4.78, 5) is -0.0619. The van der Waals surface area contributed by atoms with Crippen LogP contribution in [0.2, 0.25) is 0 Å². The summed E-state index contributed by atoms with van der Waals surface area (Å²) in [7, 11) is -3.50. The van der Waals surface area contributed by atoms with Crippen LogP contribution in [-0.4, -0.2) is 33.9 Å². The van der Waals surface area contributed by atoms with E-state index >= 15 is 0 Å². The van der Waals surface area contributed by atoms with Crippen LogP contribution in [0.1, 0.15) is 25.7 Å². The third-order valence-corrected chi connectivity index (χ3v) is 5.71. The zero-order valence-electron chi connectivity index (χ0n) is 12.1. The van der Waals surface area contributed by atoms with E-state index in [0.717, 1.165) is 51.1 Å². The highest BCUT2D eigenvalue weighted by Gasteiger charge is 2.40. The van der Waals surface area contributed by atoms with E-state index < -0.39 is 15.7 Å². The highest BCUT2D eigenvalue weighted by molar-refractivity contribution is 7.90. The molecule has 1 N–H and O–H groups in total. The summed E-state index contributed by atoms with van der Waals surface area (Å²) in [6.07, 6.45) is 5.12. The summed E-state index contributed by atoms with van der Waals surface area (Å²) in [5, 5.41) is 3.31. The minimum atomic E-state index is -3.50. The van der Waals surface area contributed by atoms with Crippen LogP contribution in [0.5, 0.6) is 5.75 Å². The second-order valence-electron chi connectivity index (χ2n) is 6.28. The van der Waals surface area contributed by atoms with Crippen molar-refractivity contribution in [2.45, 2.75) is 36.7 Å². The molecule has 6 heteroatoms. The SMILES string of the molecule is CS(=O)(=O)c1cc(F)ccc1OC1CCC2(CC1)CNC2. The predicted molar refractivity (Wildman–Crippen MR) is 77.7 cm³/mol. The van der Waals surface area contributed by atoms with Crippen molar-refractivity contribution in [3.8, 4) is 5.75 Å². The topological polar surface area (TPSA) is 55.4 Å². The molecule has 0 unspecified atom stereocenters. The average Bonchev–Trinajstić information content (AvgIpc) is 2.39. The van der Waals surface area contributed by atoms with E-state index in [1.165, 1.54) is 12.1 Å². The molecule has 1 aromatic rings. The van der Waals surface area contributed by atoms with Crippen molar-refractivity contribution in [2.24, 2.45) is 5.41 Å². The first-order valence-electron chi connectivity index (χ1n) is 7.25. The van der Waals surface area contributed by atoms with Gasteiger partial charge in [-0.05, 0) is 49.3 Å². The van der Waals surface area contributed by atoms with Crippen molar-refractivity contribution in [3.63, 3.8) is 0 Å². The molecular weight excluding hydrogens is 293 g/mol. The molecule has 1 saturated heterocycles. The monoisotopic (exact) mass is 313 g/mol. The predicted octanol–water partition coefficient (Wildman–Crippen LogP) is 2.14. The van der Waals surface area contributed by atoms with Crippen molar-refractivity contribution in [1.29, 1.82) is 0 Å². The molecule has 0 aromatic heterocycles. The molecule has 1 aliphatic heterocycles. The summed E-state index contributed by atoms with van der Waals surface area (Å²) < 4.78 is 42.7. The molecule has 1 heterocycles. The summed E-state index contributed by atoms with van der Waals surface area (Å²) in [5.74, 6) is -0.294. The Hall–Kier alpha value is -1.14. The molecular formula is C15H20FNO3S. The fourth-order valence-electron chi connectivity index (χ4n) is 3.20. The molecule has 1 aromatic carbocycles. The smallest absolute Gasteiger partial charge is 0.179 e. The lowest BCUT2D eigenvalue weighted by Crippen LogP contribution is -2.55. The number of hydrogen-bond acceptors (Lipinski definition) is 4. The molecule has 0 radical (unpaired) electrons. The van der Waals surface area contributed by atoms with Gasteiger partial charge in [-0.3, -0.25) is 0 Å². The molecule has 2 fully saturated rings. The Bertz CT molecular complexity index is 630. The van der Waals surface area contributed by atoms with Gasteiger partial charge in [0.2, 0.25) is 0 Å². The second-order valence-corrected chi connectivity index (χ2v) is 8.27. The number of ether oxygens (including phenoxy) is 1. The lowest BCUT2D eigenvalue weighted by molar-refractivity contribution is 0.0409. The first-order chi connectivity index (χ1) is 9.88. The molecule has 1 spiro atoms. The maximum Gasteiger partial charge on any atom is 0.179 e. The van der Waals surface area contributed by atoms with Crippen LogP contribution < -0.4 is 10.1 Å². The maximum absolute atomic E-state index is 13.3. The van der Waals surface area contributed by atoms with E-state index in [0.29, 0.717) is 5.41 Å². The van der Waals surface area contributed by atoms with Gasteiger partial charge < -0.3 is 10.1 Å². The molecule has 116 valence electrons. The summed E-state index contributed by atoms with van der Waals surface area (Å²) in [6.45, 7) is 2.15. The van der Waals surface area contributed by atoms with Crippen molar-refractivity contribution >= 4 is 9.84 Å². The Morgan fingerprint density at radius 1 is 1.29 bits per heavy atom. The lowest BCUT2D eigenvalue weighted by Gasteiger charge is -2.47. The van der Waals surface area contributed by atoms with Gasteiger partial charge in [0.05, 0.1) is 6.10 Å². The quantitative estimate of drug-likeness (QED) is 0.929. The van der Waals surface area contributed by atoms with E-state index in [-0.39, 0.29) is 16.7 Å². The first kappa shape index (κ1) is 14.8. The van der Waals surface area contributed by atoms with Crippen LogP contribution in [0.3, 0.4) is 0 Å². The highest BCUT2D eigenvalue weighted by Crippen LogP contribution is 2.41. The molecule has 0 bridgehead atoms. The molecule has 4 nitrogen and oxygen atoms in total. The van der Waals surface area contributed by atoms with Gasteiger partial charge in [0.15, 0.2) is 9.84 Å². The van der Waals surface area contributed by atoms with Gasteiger partial charge in [-0.2, -0.15) is 0 Å². The lowest BCUT2D eigenvalue weighted by atomic mass is 9.69. The second kappa shape index (κ2) is 5.25. The third-order valence-electron chi connectivity index (χ3n) is 4.59. The number of rotatable bonds is 3. The largest absolute Gasteiger partial charge is 0.489 e. The number of nitrogens with one attached hydrogen (secondary N) is 1. The van der Waals surface area contributed by atoms with Gasteiger partial charge in [-0.15, -0.1) is 0 Å². The van der Waals surface area contributed by atoms with Crippen molar-refractivity contribution in [3.05, 3.63) is 24.0 Å². The molecule has 0 amide bonds. The summed E-state index contributed by atoms with van der Waals surface area (Å²) >= 11 is 0. The van der Waals surface area contributed by atoms with Crippen LogP contribution in [0.4, 0.5) is 4.39 Å². The molecule has 3 rings (SSSR count). The summed E-state index contributed by atoms with van der Waals surface area (Å²) in [6, 6.07) is 3.69. The number of benzene rings is 1. The fraction of sp³-hybridized carbons (Fsp3) is 0.600. The standard InChI is InChI=1S/C15H20FNO3S/c1-21(18,19)14-8-11(16)2-3-13(14)20-12-4-6-15(7-5-12)9-17-10-15/h2-3,8,12,17H,4-7,9-10H2,1H3. The van der Waals surface area contributed by atoms with E-state index in [1.807, 2.05) is 0 Å². The maximum atomic E-state index is 13.3. The van der Waals surface area contributed by atoms with Gasteiger partial charge in [0.1, 0.15) is 16.5 Å². The van der Waals surface area contributed by atoms with E-state index in [2.05, 4.69) is 5.32 Å². The Balaban J connectivity index is 1.73. The average molecular weight is 313 g/mol. The number of sulfone groups is 1. The minimum absolute atomic E-state index is 0.0159. The van der Waals surface area contributed by atoms with Crippen LogP contribution in [-0.2, 0) is 9.84 Å². The molecule has 1 aliphatic carbocycles. The van der Waals surface area contributed by atoms with Gasteiger partial charge in [-0.25, -0.2) is 12.8 Å². The summed E-state index contributed by atoms with van der Waals surface area (Å²) in [5.41, 5.74) is 0.433. The zero-order valence-corrected chi connectivity index (χ0v) is 12.9. The van der Waals surface area contributed by atoms with Crippen LogP contribution in [0, 0.1) is 11.2 Å². The van der Waals surface area contributed by atoms with E-state index in [1.54, 1.807) is 0 Å². The number of hydrogen-bond donors (Lipinski definition) is 1. The van der Waals surface area contributed by atoms with E-state index in [9.17, 15) is 12.8 Å². The van der Waals surface area contributed by atoms with Crippen molar-refractivity contribution < 1.29 is 17.5 Å². The first-order valence-corrected chi connectivity index (χ1v) is 9.14. The third kappa shape index (κ3) is 3.06. The van der Waals surface area contributed by atoms with E-state index in [4.69, 9.17) is 4.74 Å². The highest BCUT2D eigenvalue weighted by atomic mass is 32.2. The fourth-order valence-corrected chi connectivity index (χ4v) is 4.01. The molecule has 21 heavy (non-hydrogen) atoms. The van der Waals surface area contributed by atoms with Gasteiger partial charge in [0.25, 0.3) is 0 Å². The Labute approximate surface area is 124 Å².